The second kappa shape index (κ2) is 18.5. The molecule has 0 aliphatic carbocycles. The van der Waals surface area contributed by atoms with Crippen molar-refractivity contribution in [3.63, 3.8) is 0 Å². The van der Waals surface area contributed by atoms with E-state index in [0.717, 1.165) is 89.2 Å². The highest BCUT2D eigenvalue weighted by molar-refractivity contribution is 5.98. The number of aromatic nitrogens is 3. The van der Waals surface area contributed by atoms with Crippen LogP contribution in [0.25, 0.3) is 83.9 Å². The van der Waals surface area contributed by atoms with Gasteiger partial charge >= 0.3 is 0 Å². The van der Waals surface area contributed by atoms with Gasteiger partial charge in [0.2, 0.25) is 0 Å². The van der Waals surface area contributed by atoms with Crippen LogP contribution < -0.4 is 0 Å². The van der Waals surface area contributed by atoms with Crippen LogP contribution in [0.4, 0.5) is 0 Å². The van der Waals surface area contributed by atoms with Crippen LogP contribution in [0.15, 0.2) is 164 Å². The fourth-order valence-electron chi connectivity index (χ4n) is 9.61. The first-order valence-electron chi connectivity index (χ1n) is 25.1. The Bertz CT molecular complexity index is 3360. The lowest BCUT2D eigenvalue weighted by Gasteiger charge is -2.27. The standard InChI is InChI=1S/C65H67N3O/c1-40(2)43-26-28-44(29-27-43)47-30-31-66-58(37-47)50-32-49(33-51(34-50)64(7,8)9)52-24-19-25-59-61(52)67-63(56-36-48(41(3)4)35-53(42(5)6)62(56)69)68(59)60-39-54(45-20-15-13-16-21-45)57(65(10,11)12)38-55(60)46-22-17-14-18-23-46/h13-42,69H,1-12H3/i40D. The van der Waals surface area contributed by atoms with Crippen LogP contribution in [0.1, 0.15) is 130 Å². The van der Waals surface area contributed by atoms with Crippen molar-refractivity contribution < 1.29 is 6.48 Å². The Morgan fingerprint density at radius 2 is 1.16 bits per heavy atom. The number of benzene rings is 7. The van der Waals surface area contributed by atoms with Gasteiger partial charge in [-0.2, -0.15) is 0 Å². The monoisotopic (exact) mass is 907 g/mol. The smallest absolute Gasteiger partial charge is 0.149 e. The zero-order valence-electron chi connectivity index (χ0n) is 43.5. The number of para-hydroxylation sites is 1. The molecule has 4 heteroatoms. The van der Waals surface area contributed by atoms with Gasteiger partial charge in [-0.1, -0.05) is 192 Å². The zero-order chi connectivity index (χ0) is 49.9. The van der Waals surface area contributed by atoms with Gasteiger partial charge < -0.3 is 5.11 Å². The predicted molar refractivity (Wildman–Crippen MR) is 293 cm³/mol. The molecule has 0 radical (unpaired) electrons. The minimum Gasteiger partial charge on any atom is -0.507 e. The second-order valence-corrected chi connectivity index (χ2v) is 21.7. The van der Waals surface area contributed by atoms with Gasteiger partial charge in [0.15, 0.2) is 0 Å². The second-order valence-electron chi connectivity index (χ2n) is 21.7. The van der Waals surface area contributed by atoms with E-state index in [4.69, 9.17) is 11.3 Å². The number of hydrogen-bond donors (Lipinski definition) is 1. The van der Waals surface area contributed by atoms with E-state index in [9.17, 15) is 5.11 Å². The Labute approximate surface area is 412 Å². The summed E-state index contributed by atoms with van der Waals surface area (Å²) in [6.45, 7) is 26.2. The summed E-state index contributed by atoms with van der Waals surface area (Å²) in [5.41, 5.74) is 19.2. The molecular weight excluding hydrogens is 839 g/mol. The lowest BCUT2D eigenvalue weighted by molar-refractivity contribution is 0.466. The minimum atomic E-state index is -0.674. The van der Waals surface area contributed by atoms with Gasteiger partial charge in [0.05, 0.1) is 28.0 Å². The van der Waals surface area contributed by atoms with E-state index in [1.165, 1.54) is 11.1 Å². The third-order valence-electron chi connectivity index (χ3n) is 13.7. The van der Waals surface area contributed by atoms with Crippen LogP contribution in [-0.2, 0) is 10.8 Å². The van der Waals surface area contributed by atoms with Crippen LogP contribution in [0.2, 0.25) is 0 Å². The third kappa shape index (κ3) is 9.30. The van der Waals surface area contributed by atoms with Gasteiger partial charge in [0, 0.05) is 24.3 Å². The fourth-order valence-corrected chi connectivity index (χ4v) is 9.61. The number of phenolic OH excluding ortho intramolecular Hbond substituents is 1. The lowest BCUT2D eigenvalue weighted by Crippen LogP contribution is -2.14. The Balaban J connectivity index is 1.36. The summed E-state index contributed by atoms with van der Waals surface area (Å²) in [7, 11) is 0. The molecule has 7 aromatic carbocycles. The molecule has 69 heavy (non-hydrogen) atoms. The number of fused-ring (bicyclic) bond motifs is 1. The molecule has 0 spiro atoms. The summed E-state index contributed by atoms with van der Waals surface area (Å²) in [4.78, 5) is 10.7. The predicted octanol–water partition coefficient (Wildman–Crippen LogP) is 18.1. The molecule has 9 rings (SSSR count). The largest absolute Gasteiger partial charge is 0.507 e. The van der Waals surface area contributed by atoms with E-state index in [1.54, 1.807) is 0 Å². The number of rotatable bonds is 10. The molecule has 2 aromatic heterocycles. The Morgan fingerprint density at radius 1 is 0.507 bits per heavy atom. The van der Waals surface area contributed by atoms with Gasteiger partial charge in [-0.25, -0.2) is 4.98 Å². The molecule has 0 fully saturated rings. The lowest BCUT2D eigenvalue weighted by atomic mass is 9.79. The number of nitrogens with zero attached hydrogens (tertiary/aromatic N) is 3. The van der Waals surface area contributed by atoms with Gasteiger partial charge in [-0.3, -0.25) is 9.55 Å². The van der Waals surface area contributed by atoms with Gasteiger partial charge in [-0.05, 0) is 138 Å². The maximum atomic E-state index is 12.5. The number of hydrogen-bond acceptors (Lipinski definition) is 3. The summed E-state index contributed by atoms with van der Waals surface area (Å²) in [6, 6.07) is 56.4. The van der Waals surface area contributed by atoms with Crippen LogP contribution in [0, 0.1) is 0 Å². The van der Waals surface area contributed by atoms with Crippen molar-refractivity contribution in [3.8, 4) is 78.6 Å². The summed E-state index contributed by atoms with van der Waals surface area (Å²) in [6.07, 6.45) is 1.90. The summed E-state index contributed by atoms with van der Waals surface area (Å²) < 4.78 is 10.9. The van der Waals surface area contributed by atoms with E-state index in [-0.39, 0.29) is 28.4 Å². The SMILES string of the molecule is [2H]C(C)(C)c1ccc(-c2ccnc(-c3cc(-c4cccc5c4nc(-c4cc(C(C)C)cc(C(C)C)c4O)n5-c4cc(-c5ccccc5)c(C(C)(C)C)cc4-c4ccccc4)cc(C(C)(C)C)c3)c2)cc1. The normalized spacial score (nSPS) is 12.6. The highest BCUT2D eigenvalue weighted by atomic mass is 16.3. The first-order chi connectivity index (χ1) is 33.2. The van der Waals surface area contributed by atoms with Crippen molar-refractivity contribution in [1.82, 2.24) is 14.5 Å². The molecular formula is C65H67N3O. The molecule has 4 nitrogen and oxygen atoms in total. The van der Waals surface area contributed by atoms with Crippen LogP contribution in [-0.4, -0.2) is 19.6 Å². The van der Waals surface area contributed by atoms with Gasteiger partial charge in [0.1, 0.15) is 11.6 Å². The number of imidazole rings is 1. The number of phenols is 1. The molecule has 0 amide bonds. The molecule has 0 aliphatic rings. The maximum absolute atomic E-state index is 12.5. The minimum absolute atomic E-state index is 0.0851. The van der Waals surface area contributed by atoms with Crippen molar-refractivity contribution in [3.05, 3.63) is 192 Å². The molecule has 0 unspecified atom stereocenters. The molecule has 348 valence electrons. The Morgan fingerprint density at radius 3 is 1.77 bits per heavy atom. The summed E-state index contributed by atoms with van der Waals surface area (Å²) in [5, 5.41) is 12.5. The van der Waals surface area contributed by atoms with Crippen molar-refractivity contribution >= 4 is 11.0 Å². The van der Waals surface area contributed by atoms with Crippen molar-refractivity contribution in [2.75, 3.05) is 0 Å². The maximum Gasteiger partial charge on any atom is 0.149 e. The van der Waals surface area contributed by atoms with Crippen molar-refractivity contribution in [2.45, 2.75) is 112 Å². The molecule has 0 aliphatic heterocycles. The molecule has 0 saturated carbocycles. The molecule has 9 aromatic rings. The Hall–Kier alpha value is -7.04. The zero-order valence-corrected chi connectivity index (χ0v) is 42.5. The topological polar surface area (TPSA) is 50.9 Å². The first-order valence-corrected chi connectivity index (χ1v) is 24.6. The average Bonchev–Trinajstić information content (AvgIpc) is 3.72. The van der Waals surface area contributed by atoms with Crippen LogP contribution in [0.5, 0.6) is 5.75 Å². The number of aromatic hydroxyl groups is 1. The third-order valence-corrected chi connectivity index (χ3v) is 13.7. The van der Waals surface area contributed by atoms with E-state index >= 15 is 0 Å². The van der Waals surface area contributed by atoms with E-state index in [1.807, 2.05) is 20.0 Å². The van der Waals surface area contributed by atoms with Crippen molar-refractivity contribution in [1.29, 1.82) is 0 Å². The van der Waals surface area contributed by atoms with E-state index in [2.05, 4.69) is 232 Å². The van der Waals surface area contributed by atoms with Crippen LogP contribution >= 0.6 is 0 Å². The summed E-state index contributed by atoms with van der Waals surface area (Å²) >= 11 is 0. The van der Waals surface area contributed by atoms with Gasteiger partial charge in [0.25, 0.3) is 0 Å². The average molecular weight is 907 g/mol. The Kier molecular flexibility index (Phi) is 12.2. The number of pyridine rings is 1. The molecule has 0 saturated heterocycles. The fraction of sp³-hybridized carbons (Fsp3) is 0.262. The van der Waals surface area contributed by atoms with Crippen LogP contribution in [0.3, 0.4) is 0 Å². The van der Waals surface area contributed by atoms with Gasteiger partial charge in [-0.15, -0.1) is 0 Å². The van der Waals surface area contributed by atoms with Crippen molar-refractivity contribution in [2.24, 2.45) is 0 Å². The summed E-state index contributed by atoms with van der Waals surface area (Å²) in [5.74, 6) is 0.579. The highest BCUT2D eigenvalue weighted by Gasteiger charge is 2.28. The first kappa shape index (κ1) is 45.7. The molecule has 2 heterocycles. The van der Waals surface area contributed by atoms with E-state index in [0.29, 0.717) is 11.4 Å². The highest BCUT2D eigenvalue weighted by Crippen LogP contribution is 2.47. The quantitative estimate of drug-likeness (QED) is 0.149. The van der Waals surface area contributed by atoms with E-state index < -0.39 is 5.89 Å². The molecule has 1 N–H and O–H groups in total. The molecule has 0 atom stereocenters. The molecule has 0 bridgehead atoms.